The predicted octanol–water partition coefficient (Wildman–Crippen LogP) is 4.32. The number of halogens is 5. The molecule has 3 aromatic rings. The Kier molecular flexibility index (Phi) is 3.68. The van der Waals surface area contributed by atoms with Crippen molar-refractivity contribution in [3.8, 4) is 0 Å². The van der Waals surface area contributed by atoms with Crippen LogP contribution < -0.4 is 0 Å². The molecule has 0 amide bonds. The first-order valence-corrected chi connectivity index (χ1v) is 7.13. The highest BCUT2D eigenvalue weighted by atomic mass is 35.5. The largest absolute Gasteiger partial charge is 0.461 e. The standard InChI is InChI=1S/C13H8Cl2F3N3O2/c1-2-23-11(22)9-10(13(16,17)18)20-12-19-7-4-5(14)3-6(15)8(7)21(9)12/h3-4H,2H2,1H3,(H,19,20). The maximum absolute atomic E-state index is 13.2. The number of rotatable bonds is 2. The Labute approximate surface area is 136 Å². The molecule has 23 heavy (non-hydrogen) atoms. The van der Waals surface area contributed by atoms with Gasteiger partial charge in [0.05, 0.1) is 22.7 Å². The summed E-state index contributed by atoms with van der Waals surface area (Å²) in [6, 6.07) is 2.79. The van der Waals surface area contributed by atoms with Gasteiger partial charge in [-0.05, 0) is 19.1 Å². The summed E-state index contributed by atoms with van der Waals surface area (Å²) in [4.78, 5) is 18.2. The SMILES string of the molecule is CCOC(=O)c1c(C(F)(F)F)[nH]c2nc3cc(Cl)cc(Cl)c3n12. The second kappa shape index (κ2) is 5.31. The fourth-order valence-electron chi connectivity index (χ4n) is 2.31. The molecule has 0 spiro atoms. The molecule has 0 saturated carbocycles. The summed E-state index contributed by atoms with van der Waals surface area (Å²) in [6.07, 6.45) is -4.78. The monoisotopic (exact) mass is 365 g/mol. The molecule has 3 rings (SSSR count). The highest BCUT2D eigenvalue weighted by Gasteiger charge is 2.40. The number of benzene rings is 1. The van der Waals surface area contributed by atoms with E-state index in [4.69, 9.17) is 27.9 Å². The number of aromatic nitrogens is 3. The zero-order valence-corrected chi connectivity index (χ0v) is 13.0. The zero-order valence-electron chi connectivity index (χ0n) is 11.5. The molecular weight excluding hydrogens is 358 g/mol. The van der Waals surface area contributed by atoms with Gasteiger partial charge in [-0.1, -0.05) is 23.2 Å². The normalized spacial score (nSPS) is 12.3. The second-order valence-electron chi connectivity index (χ2n) is 4.59. The zero-order chi connectivity index (χ0) is 16.9. The predicted molar refractivity (Wildman–Crippen MR) is 78.0 cm³/mol. The highest BCUT2D eigenvalue weighted by molar-refractivity contribution is 6.38. The lowest BCUT2D eigenvalue weighted by atomic mass is 10.3. The number of carbonyl (C=O) groups is 1. The van der Waals surface area contributed by atoms with Crippen LogP contribution in [0.15, 0.2) is 12.1 Å². The number of fused-ring (bicyclic) bond motifs is 3. The Morgan fingerprint density at radius 1 is 1.39 bits per heavy atom. The number of carbonyl (C=O) groups excluding carboxylic acids is 1. The van der Waals surface area contributed by atoms with Crippen LogP contribution in [0.25, 0.3) is 16.8 Å². The molecule has 0 aliphatic heterocycles. The molecule has 0 unspecified atom stereocenters. The molecule has 122 valence electrons. The van der Waals surface area contributed by atoms with Gasteiger partial charge in [-0.15, -0.1) is 0 Å². The number of ether oxygens (including phenoxy) is 1. The van der Waals surface area contributed by atoms with E-state index >= 15 is 0 Å². The van der Waals surface area contributed by atoms with Crippen LogP contribution in [0.4, 0.5) is 13.2 Å². The van der Waals surface area contributed by atoms with Gasteiger partial charge < -0.3 is 9.72 Å². The van der Waals surface area contributed by atoms with Crippen LogP contribution in [0, 0.1) is 0 Å². The van der Waals surface area contributed by atoms with Crippen molar-refractivity contribution in [3.63, 3.8) is 0 Å². The number of nitrogens with zero attached hydrogens (tertiary/aromatic N) is 2. The summed E-state index contributed by atoms with van der Waals surface area (Å²) in [5.74, 6) is -1.31. The van der Waals surface area contributed by atoms with Gasteiger partial charge in [0.25, 0.3) is 0 Å². The van der Waals surface area contributed by atoms with Crippen LogP contribution in [-0.4, -0.2) is 26.9 Å². The van der Waals surface area contributed by atoms with Gasteiger partial charge >= 0.3 is 12.1 Å². The molecule has 0 saturated heterocycles. The van der Waals surface area contributed by atoms with Crippen molar-refractivity contribution in [1.29, 1.82) is 0 Å². The van der Waals surface area contributed by atoms with E-state index in [-0.39, 0.29) is 33.5 Å². The van der Waals surface area contributed by atoms with Gasteiger partial charge in [-0.25, -0.2) is 9.78 Å². The minimum atomic E-state index is -4.78. The summed E-state index contributed by atoms with van der Waals surface area (Å²) >= 11 is 11.9. The van der Waals surface area contributed by atoms with Crippen molar-refractivity contribution >= 4 is 46.0 Å². The van der Waals surface area contributed by atoms with E-state index in [9.17, 15) is 18.0 Å². The van der Waals surface area contributed by atoms with Crippen LogP contribution in [0.1, 0.15) is 23.1 Å². The molecule has 0 atom stereocenters. The van der Waals surface area contributed by atoms with Crippen molar-refractivity contribution in [2.45, 2.75) is 13.1 Å². The molecule has 0 bridgehead atoms. The van der Waals surface area contributed by atoms with E-state index < -0.39 is 23.5 Å². The smallest absolute Gasteiger partial charge is 0.433 e. The van der Waals surface area contributed by atoms with E-state index in [2.05, 4.69) is 9.97 Å². The number of H-pyrrole nitrogens is 1. The molecule has 0 aliphatic carbocycles. The number of nitrogens with one attached hydrogen (secondary N) is 1. The van der Waals surface area contributed by atoms with Gasteiger partial charge in [0.2, 0.25) is 5.78 Å². The van der Waals surface area contributed by atoms with E-state index in [0.29, 0.717) is 0 Å². The van der Waals surface area contributed by atoms with Gasteiger partial charge in [-0.2, -0.15) is 13.2 Å². The summed E-state index contributed by atoms with van der Waals surface area (Å²) < 4.78 is 45.3. The lowest BCUT2D eigenvalue weighted by Crippen LogP contribution is -2.16. The van der Waals surface area contributed by atoms with Crippen LogP contribution in [0.2, 0.25) is 10.0 Å². The molecule has 10 heteroatoms. The number of aromatic amines is 1. The molecule has 0 fully saturated rings. The fourth-order valence-corrected chi connectivity index (χ4v) is 2.88. The second-order valence-corrected chi connectivity index (χ2v) is 5.44. The molecule has 0 aliphatic rings. The summed E-state index contributed by atoms with van der Waals surface area (Å²) in [5.41, 5.74) is -1.55. The third kappa shape index (κ3) is 2.51. The first kappa shape index (κ1) is 15.9. The van der Waals surface area contributed by atoms with Crippen LogP contribution >= 0.6 is 23.2 Å². The lowest BCUT2D eigenvalue weighted by molar-refractivity contribution is -0.141. The molecular formula is C13H8Cl2F3N3O2. The van der Waals surface area contributed by atoms with Crippen molar-refractivity contribution < 1.29 is 22.7 Å². The molecule has 0 radical (unpaired) electrons. The number of alkyl halides is 3. The van der Waals surface area contributed by atoms with Crippen LogP contribution in [-0.2, 0) is 10.9 Å². The quantitative estimate of drug-likeness (QED) is 0.688. The lowest BCUT2D eigenvalue weighted by Gasteiger charge is -2.08. The van der Waals surface area contributed by atoms with Crippen LogP contribution in [0.5, 0.6) is 0 Å². The van der Waals surface area contributed by atoms with Crippen molar-refractivity contribution in [1.82, 2.24) is 14.4 Å². The Hall–Kier alpha value is -1.93. The van der Waals surface area contributed by atoms with Crippen molar-refractivity contribution in [2.75, 3.05) is 6.61 Å². The van der Waals surface area contributed by atoms with E-state index in [1.54, 1.807) is 0 Å². The fraction of sp³-hybridized carbons (Fsp3) is 0.231. The molecule has 2 aromatic heterocycles. The minimum Gasteiger partial charge on any atom is -0.461 e. The summed E-state index contributed by atoms with van der Waals surface area (Å²) in [7, 11) is 0. The molecule has 2 heterocycles. The van der Waals surface area contributed by atoms with Crippen molar-refractivity contribution in [2.24, 2.45) is 0 Å². The number of hydrogen-bond acceptors (Lipinski definition) is 3. The van der Waals surface area contributed by atoms with E-state index in [1.165, 1.54) is 19.1 Å². The summed E-state index contributed by atoms with van der Waals surface area (Å²) in [6.45, 7) is 1.42. The van der Waals surface area contributed by atoms with Gasteiger partial charge in [-0.3, -0.25) is 4.40 Å². The average molecular weight is 366 g/mol. The Balaban J connectivity index is 2.44. The number of imidazole rings is 2. The third-order valence-corrected chi connectivity index (χ3v) is 3.63. The minimum absolute atomic E-state index is 0.0678. The van der Waals surface area contributed by atoms with Gasteiger partial charge in [0, 0.05) is 5.02 Å². The molecule has 1 N–H and O–H groups in total. The first-order chi connectivity index (χ1) is 10.7. The maximum Gasteiger partial charge on any atom is 0.433 e. The van der Waals surface area contributed by atoms with Gasteiger partial charge in [0.1, 0.15) is 0 Å². The number of esters is 1. The average Bonchev–Trinajstić information content (AvgIpc) is 2.92. The maximum atomic E-state index is 13.2. The Morgan fingerprint density at radius 2 is 2.09 bits per heavy atom. The summed E-state index contributed by atoms with van der Waals surface area (Å²) in [5, 5.41) is 0.343. The topological polar surface area (TPSA) is 59.4 Å². The third-order valence-electron chi connectivity index (χ3n) is 3.12. The van der Waals surface area contributed by atoms with Crippen molar-refractivity contribution in [3.05, 3.63) is 33.6 Å². The Bertz CT molecular complexity index is 930. The van der Waals surface area contributed by atoms with E-state index in [0.717, 1.165) is 4.40 Å². The Morgan fingerprint density at radius 3 is 2.70 bits per heavy atom. The first-order valence-electron chi connectivity index (χ1n) is 6.37. The molecule has 1 aromatic carbocycles. The van der Waals surface area contributed by atoms with Crippen LogP contribution in [0.3, 0.4) is 0 Å². The number of hydrogen-bond donors (Lipinski definition) is 1. The van der Waals surface area contributed by atoms with E-state index in [1.807, 2.05) is 0 Å². The highest BCUT2D eigenvalue weighted by Crippen LogP contribution is 2.36. The molecule has 5 nitrogen and oxygen atoms in total. The van der Waals surface area contributed by atoms with Gasteiger partial charge in [0.15, 0.2) is 11.4 Å².